The van der Waals surface area contributed by atoms with E-state index in [-0.39, 0.29) is 40.0 Å². The first-order valence-electron chi connectivity index (χ1n) is 11.9. The van der Waals surface area contributed by atoms with E-state index in [4.69, 9.17) is 4.43 Å². The van der Waals surface area contributed by atoms with E-state index in [1.807, 2.05) is 36.9 Å². The van der Waals surface area contributed by atoms with Crippen molar-refractivity contribution in [3.63, 3.8) is 0 Å². The van der Waals surface area contributed by atoms with Crippen LogP contribution in [0.2, 0.25) is 18.1 Å². The number of carbonyl (C=O) groups is 3. The Hall–Kier alpha value is -1.64. The zero-order chi connectivity index (χ0) is 24.6. The van der Waals surface area contributed by atoms with Crippen LogP contribution in [0.3, 0.4) is 0 Å². The second kappa shape index (κ2) is 9.92. The van der Waals surface area contributed by atoms with E-state index < -0.39 is 14.2 Å². The summed E-state index contributed by atoms with van der Waals surface area (Å²) >= 11 is 1.11. The summed E-state index contributed by atoms with van der Waals surface area (Å²) < 4.78 is 6.47. The molecule has 2 aliphatic heterocycles. The molecule has 6 nitrogen and oxygen atoms in total. The van der Waals surface area contributed by atoms with Crippen LogP contribution in [-0.2, 0) is 14.0 Å². The fraction of sp³-hybridized carbons (Fsp3) is 0.640. The molecule has 2 aliphatic rings. The van der Waals surface area contributed by atoms with Gasteiger partial charge < -0.3 is 14.6 Å². The lowest BCUT2D eigenvalue weighted by Crippen LogP contribution is -2.66. The summed E-state index contributed by atoms with van der Waals surface area (Å²) in [7, 11) is -2.04. The predicted octanol–water partition coefficient (Wildman–Crippen LogP) is 4.70. The number of hydrogen-bond donors (Lipinski definition) is 1. The molecule has 2 saturated heterocycles. The molecule has 0 radical (unpaired) electrons. The SMILES string of the molecule is CC(C(=O)Sc1ccccc1C(=O)N1CCCC1)[C@H]1NC(=O)[C@@H]1C(C)O[Si](C)(C)C(C)(C)C. The number of β-lactam (4-membered cyclic amide) rings is 1. The van der Waals surface area contributed by atoms with E-state index in [9.17, 15) is 14.4 Å². The molecule has 8 heteroatoms. The van der Waals surface area contributed by atoms with Crippen molar-refractivity contribution in [1.82, 2.24) is 10.2 Å². The van der Waals surface area contributed by atoms with Crippen LogP contribution in [0.5, 0.6) is 0 Å². The molecule has 0 aliphatic carbocycles. The molecule has 2 fully saturated rings. The van der Waals surface area contributed by atoms with Gasteiger partial charge in [-0.1, -0.05) is 51.6 Å². The van der Waals surface area contributed by atoms with Crippen molar-refractivity contribution >= 4 is 37.0 Å². The third kappa shape index (κ3) is 5.54. The standard InChI is InChI=1S/C25H38N2O4SSi/c1-16(21-20(22(28)26-21)17(2)31-33(6,7)25(3,4)5)24(30)32-19-13-9-8-12-18(19)23(29)27-14-10-11-15-27/h8-9,12-13,16-17,20-21H,10-11,14-15H2,1-7H3,(H,26,28)/t16?,17?,20-,21-/m1/s1. The first-order chi connectivity index (χ1) is 15.3. The lowest BCUT2D eigenvalue weighted by molar-refractivity contribution is -0.143. The number of carbonyl (C=O) groups excluding carboxylic acids is 3. The van der Waals surface area contributed by atoms with Gasteiger partial charge >= 0.3 is 0 Å². The van der Waals surface area contributed by atoms with Crippen molar-refractivity contribution in [2.24, 2.45) is 11.8 Å². The van der Waals surface area contributed by atoms with Gasteiger partial charge in [0, 0.05) is 23.9 Å². The molecule has 2 heterocycles. The molecule has 0 saturated carbocycles. The largest absolute Gasteiger partial charge is 0.413 e. The monoisotopic (exact) mass is 490 g/mol. The lowest BCUT2D eigenvalue weighted by atomic mass is 9.79. The first-order valence-corrected chi connectivity index (χ1v) is 15.6. The number of nitrogens with one attached hydrogen (secondary N) is 1. The topological polar surface area (TPSA) is 75.7 Å². The molecule has 182 valence electrons. The van der Waals surface area contributed by atoms with Gasteiger partial charge in [-0.05, 0) is 50.0 Å². The Balaban J connectivity index is 1.69. The highest BCUT2D eigenvalue weighted by Gasteiger charge is 2.50. The quantitative estimate of drug-likeness (QED) is 0.341. The van der Waals surface area contributed by atoms with Gasteiger partial charge in [-0.2, -0.15) is 0 Å². The molecule has 0 aromatic heterocycles. The van der Waals surface area contributed by atoms with Crippen molar-refractivity contribution in [1.29, 1.82) is 0 Å². The van der Waals surface area contributed by atoms with Gasteiger partial charge in [-0.15, -0.1) is 0 Å². The second-order valence-electron chi connectivity index (χ2n) is 10.8. The number of thioether (sulfide) groups is 1. The van der Waals surface area contributed by atoms with Crippen molar-refractivity contribution in [2.75, 3.05) is 13.1 Å². The number of rotatable bonds is 7. The molecule has 4 atom stereocenters. The number of hydrogen-bond acceptors (Lipinski definition) is 5. The van der Waals surface area contributed by atoms with Gasteiger partial charge in [-0.25, -0.2) is 0 Å². The van der Waals surface area contributed by atoms with Crippen LogP contribution in [0.4, 0.5) is 0 Å². The molecule has 2 amide bonds. The molecule has 2 unspecified atom stereocenters. The van der Waals surface area contributed by atoms with E-state index in [0.717, 1.165) is 37.7 Å². The summed E-state index contributed by atoms with van der Waals surface area (Å²) in [5.41, 5.74) is 0.578. The lowest BCUT2D eigenvalue weighted by Gasteiger charge is -2.46. The Kier molecular flexibility index (Phi) is 7.81. The zero-order valence-corrected chi connectivity index (χ0v) is 22.8. The number of amides is 2. The van der Waals surface area contributed by atoms with Gasteiger partial charge in [0.05, 0.1) is 23.6 Å². The average Bonchev–Trinajstić information content (AvgIpc) is 3.24. The molecule has 1 aromatic carbocycles. The van der Waals surface area contributed by atoms with Crippen molar-refractivity contribution in [3.8, 4) is 0 Å². The van der Waals surface area contributed by atoms with E-state index in [1.54, 1.807) is 6.07 Å². The second-order valence-corrected chi connectivity index (χ2v) is 16.7. The molecular weight excluding hydrogens is 452 g/mol. The third-order valence-electron chi connectivity index (χ3n) is 7.42. The fourth-order valence-corrected chi connectivity index (χ4v) is 6.63. The van der Waals surface area contributed by atoms with E-state index in [2.05, 4.69) is 39.2 Å². The highest BCUT2D eigenvalue weighted by Crippen LogP contribution is 2.40. The summed E-state index contributed by atoms with van der Waals surface area (Å²) in [6.07, 6.45) is 1.79. The Bertz CT molecular complexity index is 908. The van der Waals surface area contributed by atoms with E-state index >= 15 is 0 Å². The average molecular weight is 491 g/mol. The van der Waals surface area contributed by atoms with Crippen molar-refractivity contribution in [3.05, 3.63) is 29.8 Å². The number of likely N-dealkylation sites (tertiary alicyclic amines) is 1. The smallest absolute Gasteiger partial charge is 0.255 e. The molecule has 0 bridgehead atoms. The minimum Gasteiger partial charge on any atom is -0.413 e. The summed E-state index contributed by atoms with van der Waals surface area (Å²) in [6, 6.07) is 7.05. The summed E-state index contributed by atoms with van der Waals surface area (Å²) in [6.45, 7) is 16.2. The number of nitrogens with zero attached hydrogens (tertiary/aromatic N) is 1. The van der Waals surface area contributed by atoms with Gasteiger partial charge in [-0.3, -0.25) is 14.4 Å². The minimum atomic E-state index is -2.04. The molecule has 0 spiro atoms. The first kappa shape index (κ1) is 26.0. The van der Waals surface area contributed by atoms with Crippen LogP contribution in [0, 0.1) is 11.8 Å². The molecule has 1 N–H and O–H groups in total. The van der Waals surface area contributed by atoms with Crippen LogP contribution in [-0.4, -0.2) is 55.4 Å². The summed E-state index contributed by atoms with van der Waals surface area (Å²) in [5, 5.41) is 2.93. The van der Waals surface area contributed by atoms with Crippen LogP contribution in [0.25, 0.3) is 0 Å². The molecule has 33 heavy (non-hydrogen) atoms. The van der Waals surface area contributed by atoms with Gasteiger partial charge in [0.1, 0.15) is 0 Å². The van der Waals surface area contributed by atoms with Crippen LogP contribution < -0.4 is 5.32 Å². The predicted molar refractivity (Wildman–Crippen MR) is 135 cm³/mol. The molecule has 3 rings (SSSR count). The van der Waals surface area contributed by atoms with E-state index in [0.29, 0.717) is 10.5 Å². The maximum Gasteiger partial charge on any atom is 0.255 e. The summed E-state index contributed by atoms with van der Waals surface area (Å²) in [5.74, 6) is -0.805. The maximum absolute atomic E-state index is 13.2. The zero-order valence-electron chi connectivity index (χ0n) is 20.9. The highest BCUT2D eigenvalue weighted by atomic mass is 32.2. The van der Waals surface area contributed by atoms with Crippen molar-refractivity contribution in [2.45, 2.75) is 82.6 Å². The Labute approximate surface area is 203 Å². The maximum atomic E-state index is 13.2. The van der Waals surface area contributed by atoms with Gasteiger partial charge in [0.15, 0.2) is 13.4 Å². The Morgan fingerprint density at radius 2 is 1.76 bits per heavy atom. The fourth-order valence-electron chi connectivity index (χ4n) is 4.24. The Morgan fingerprint density at radius 1 is 1.15 bits per heavy atom. The van der Waals surface area contributed by atoms with E-state index in [1.165, 1.54) is 0 Å². The molecule has 1 aromatic rings. The van der Waals surface area contributed by atoms with Gasteiger partial charge in [0.25, 0.3) is 5.91 Å². The Morgan fingerprint density at radius 3 is 2.33 bits per heavy atom. The van der Waals surface area contributed by atoms with Gasteiger partial charge in [0.2, 0.25) is 5.91 Å². The number of benzene rings is 1. The van der Waals surface area contributed by atoms with Crippen LogP contribution >= 0.6 is 11.8 Å². The van der Waals surface area contributed by atoms with Crippen LogP contribution in [0.1, 0.15) is 57.8 Å². The minimum absolute atomic E-state index is 0.0118. The normalized spacial score (nSPS) is 23.0. The highest BCUT2D eigenvalue weighted by molar-refractivity contribution is 8.13. The summed E-state index contributed by atoms with van der Waals surface area (Å²) in [4.78, 5) is 41.2. The van der Waals surface area contributed by atoms with Crippen LogP contribution in [0.15, 0.2) is 29.2 Å². The molecular formula is C25H38N2O4SSi. The van der Waals surface area contributed by atoms with Crippen molar-refractivity contribution < 1.29 is 18.8 Å². The third-order valence-corrected chi connectivity index (χ3v) is 13.1.